The number of hydrogen-bond acceptors (Lipinski definition) is 6. The van der Waals surface area contributed by atoms with E-state index in [-0.39, 0.29) is 17.0 Å². The average Bonchev–Trinajstić information content (AvgIpc) is 2.84. The highest BCUT2D eigenvalue weighted by Gasteiger charge is 2.34. The summed E-state index contributed by atoms with van der Waals surface area (Å²) in [7, 11) is 3.16. The Morgan fingerprint density at radius 2 is 1.83 bits per heavy atom. The van der Waals surface area contributed by atoms with Crippen LogP contribution in [-0.2, 0) is 13.0 Å². The molecule has 2 N–H and O–H groups in total. The Labute approximate surface area is 212 Å². The molecule has 0 saturated carbocycles. The number of aromatic nitrogens is 1. The second-order valence-electron chi connectivity index (χ2n) is 8.06. The van der Waals surface area contributed by atoms with Crippen molar-refractivity contribution in [2.24, 2.45) is 5.73 Å². The number of ether oxygens (including phenoxy) is 3. The molecule has 2 heterocycles. The second-order valence-corrected chi connectivity index (χ2v) is 8.87. The first-order valence-corrected chi connectivity index (χ1v) is 11.5. The molecule has 4 rings (SSSR count). The molecule has 180 valence electrons. The van der Waals surface area contributed by atoms with Crippen molar-refractivity contribution in [3.8, 4) is 23.3 Å². The van der Waals surface area contributed by atoms with Gasteiger partial charge in [-0.15, -0.1) is 0 Å². The van der Waals surface area contributed by atoms with E-state index in [2.05, 4.69) is 6.07 Å². The number of pyridine rings is 1. The molecule has 1 aliphatic heterocycles. The lowest BCUT2D eigenvalue weighted by atomic mass is 9.84. The van der Waals surface area contributed by atoms with Crippen molar-refractivity contribution < 1.29 is 14.2 Å². The number of aryl methyl sites for hydroxylation is 2. The Bertz CT molecular complexity index is 1440. The van der Waals surface area contributed by atoms with E-state index in [0.717, 1.165) is 5.56 Å². The minimum absolute atomic E-state index is 0.0436. The van der Waals surface area contributed by atoms with Crippen LogP contribution in [0.1, 0.15) is 28.3 Å². The first-order valence-electron chi connectivity index (χ1n) is 10.8. The van der Waals surface area contributed by atoms with E-state index in [1.54, 1.807) is 43.1 Å². The maximum Gasteiger partial charge on any atom is 0.258 e. The van der Waals surface area contributed by atoms with Crippen LogP contribution in [0.15, 0.2) is 58.7 Å². The number of fused-ring (bicyclic) bond motifs is 1. The van der Waals surface area contributed by atoms with Crippen molar-refractivity contribution in [1.29, 1.82) is 5.26 Å². The maximum absolute atomic E-state index is 13.8. The molecule has 0 bridgehead atoms. The summed E-state index contributed by atoms with van der Waals surface area (Å²) in [5, 5.41) is 10.5. The van der Waals surface area contributed by atoms with E-state index in [0.29, 0.717) is 57.1 Å². The molecule has 0 radical (unpaired) electrons. The summed E-state index contributed by atoms with van der Waals surface area (Å²) >= 11 is 12.3. The lowest BCUT2D eigenvalue weighted by Crippen LogP contribution is -2.33. The van der Waals surface area contributed by atoms with Gasteiger partial charge in [0, 0.05) is 18.3 Å². The molecule has 3 aromatic rings. The van der Waals surface area contributed by atoms with Gasteiger partial charge in [-0.1, -0.05) is 35.3 Å². The minimum Gasteiger partial charge on any atom is -0.493 e. The summed E-state index contributed by atoms with van der Waals surface area (Å²) in [4.78, 5) is 13.8. The first-order chi connectivity index (χ1) is 16.8. The zero-order valence-electron chi connectivity index (χ0n) is 19.4. The molecule has 1 atom stereocenters. The fraction of sp³-hybridized carbons (Fsp3) is 0.231. The normalized spacial score (nSPS) is 14.7. The smallest absolute Gasteiger partial charge is 0.258 e. The summed E-state index contributed by atoms with van der Waals surface area (Å²) < 4.78 is 18.1. The molecule has 0 aliphatic carbocycles. The van der Waals surface area contributed by atoms with Crippen molar-refractivity contribution in [3.63, 3.8) is 0 Å². The van der Waals surface area contributed by atoms with Gasteiger partial charge in [-0.05, 0) is 48.7 Å². The summed E-state index contributed by atoms with van der Waals surface area (Å²) in [6, 6.07) is 14.5. The van der Waals surface area contributed by atoms with E-state index in [1.165, 1.54) is 0 Å². The maximum atomic E-state index is 13.8. The zero-order valence-corrected chi connectivity index (χ0v) is 20.9. The van der Waals surface area contributed by atoms with Crippen LogP contribution in [0.5, 0.6) is 17.2 Å². The number of nitriles is 1. The summed E-state index contributed by atoms with van der Waals surface area (Å²) in [5.74, 6) is 0.791. The molecule has 7 nitrogen and oxygen atoms in total. The van der Waals surface area contributed by atoms with Gasteiger partial charge >= 0.3 is 0 Å². The van der Waals surface area contributed by atoms with Crippen LogP contribution in [0, 0.1) is 18.3 Å². The van der Waals surface area contributed by atoms with Crippen molar-refractivity contribution >= 4 is 23.2 Å². The molecule has 0 amide bonds. The molecule has 1 aliphatic rings. The highest BCUT2D eigenvalue weighted by molar-refractivity contribution is 6.42. The molecule has 9 heteroatoms. The van der Waals surface area contributed by atoms with Gasteiger partial charge in [0.1, 0.15) is 17.4 Å². The van der Waals surface area contributed by atoms with Crippen molar-refractivity contribution in [2.45, 2.75) is 25.8 Å². The van der Waals surface area contributed by atoms with Gasteiger partial charge in [-0.3, -0.25) is 4.79 Å². The summed E-state index contributed by atoms with van der Waals surface area (Å²) in [5.41, 5.74) is 8.57. The first kappa shape index (κ1) is 24.5. The van der Waals surface area contributed by atoms with E-state index >= 15 is 0 Å². The van der Waals surface area contributed by atoms with Crippen molar-refractivity contribution in [2.75, 3.05) is 14.2 Å². The molecule has 0 spiro atoms. The Morgan fingerprint density at radius 1 is 1.09 bits per heavy atom. The monoisotopic (exact) mass is 511 g/mol. The second kappa shape index (κ2) is 9.95. The molecule has 0 fully saturated rings. The Hall–Kier alpha value is -3.60. The predicted molar refractivity (Wildman–Crippen MR) is 134 cm³/mol. The van der Waals surface area contributed by atoms with Gasteiger partial charge in [0.05, 0.1) is 35.7 Å². The Balaban J connectivity index is 1.78. The summed E-state index contributed by atoms with van der Waals surface area (Å²) in [6.45, 7) is 2.23. The van der Waals surface area contributed by atoms with Gasteiger partial charge in [-0.25, -0.2) is 0 Å². The molecule has 0 saturated heterocycles. The van der Waals surface area contributed by atoms with E-state index < -0.39 is 5.92 Å². The number of rotatable bonds is 6. The number of benzene rings is 2. The fourth-order valence-electron chi connectivity index (χ4n) is 4.27. The third-order valence-electron chi connectivity index (χ3n) is 6.04. The lowest BCUT2D eigenvalue weighted by Gasteiger charge is -2.27. The molecular formula is C26H23Cl2N3O4. The number of hydrogen-bond donors (Lipinski definition) is 1. The Morgan fingerprint density at radius 3 is 2.49 bits per heavy atom. The number of methoxy groups -OCH3 is 2. The van der Waals surface area contributed by atoms with Crippen LogP contribution in [-0.4, -0.2) is 18.8 Å². The van der Waals surface area contributed by atoms with Gasteiger partial charge in [-0.2, -0.15) is 5.26 Å². The molecule has 2 aromatic carbocycles. The van der Waals surface area contributed by atoms with Crippen LogP contribution >= 0.6 is 23.2 Å². The van der Waals surface area contributed by atoms with Crippen LogP contribution in [0.2, 0.25) is 10.0 Å². The van der Waals surface area contributed by atoms with Gasteiger partial charge in [0.25, 0.3) is 5.56 Å². The third-order valence-corrected chi connectivity index (χ3v) is 6.78. The van der Waals surface area contributed by atoms with Crippen LogP contribution < -0.4 is 25.5 Å². The van der Waals surface area contributed by atoms with E-state index in [9.17, 15) is 10.1 Å². The minimum atomic E-state index is -0.737. The number of nitrogens with two attached hydrogens (primary N) is 1. The molecule has 1 aromatic heterocycles. The number of nitrogens with zero attached hydrogens (tertiary/aromatic N) is 2. The van der Waals surface area contributed by atoms with Crippen LogP contribution in [0.25, 0.3) is 0 Å². The molecular weight excluding hydrogens is 489 g/mol. The molecule has 35 heavy (non-hydrogen) atoms. The van der Waals surface area contributed by atoms with Gasteiger partial charge < -0.3 is 24.5 Å². The van der Waals surface area contributed by atoms with Gasteiger partial charge in [0.2, 0.25) is 5.88 Å². The quantitative estimate of drug-likeness (QED) is 0.502. The van der Waals surface area contributed by atoms with E-state index in [1.807, 2.05) is 25.1 Å². The highest BCUT2D eigenvalue weighted by atomic mass is 35.5. The zero-order chi connectivity index (χ0) is 25.3. The highest BCUT2D eigenvalue weighted by Crippen LogP contribution is 2.41. The SMILES string of the molecule is COc1ccc(CCn2c(C)cc3c(c2=O)[C@H](c2ccc(Cl)c(Cl)c2)C(C#N)=C(N)O3)cc1OC. The standard InChI is InChI=1S/C26H23Cl2N3O4/c1-14-10-22-24(23(17(13-29)25(30)35-22)16-5-6-18(27)19(28)12-16)26(32)31(14)9-8-15-4-7-20(33-2)21(11-15)34-3/h4-7,10-12,23H,8-9,30H2,1-3H3/t23-/m1/s1. The fourth-order valence-corrected chi connectivity index (χ4v) is 4.57. The van der Waals surface area contributed by atoms with E-state index in [4.69, 9.17) is 43.1 Å². The number of allylic oxidation sites excluding steroid dienone is 1. The number of halogens is 2. The van der Waals surface area contributed by atoms with Gasteiger partial charge in [0.15, 0.2) is 11.5 Å². The van der Waals surface area contributed by atoms with Crippen molar-refractivity contribution in [3.05, 3.63) is 96.7 Å². The third kappa shape index (κ3) is 4.55. The average molecular weight is 512 g/mol. The topological polar surface area (TPSA) is 99.5 Å². The van der Waals surface area contributed by atoms with Crippen LogP contribution in [0.3, 0.4) is 0 Å². The van der Waals surface area contributed by atoms with Crippen LogP contribution in [0.4, 0.5) is 0 Å². The Kier molecular flexibility index (Phi) is 6.97. The summed E-state index contributed by atoms with van der Waals surface area (Å²) in [6.07, 6.45) is 0.571. The lowest BCUT2D eigenvalue weighted by molar-refractivity contribution is 0.354. The van der Waals surface area contributed by atoms with Crippen molar-refractivity contribution in [1.82, 2.24) is 4.57 Å². The predicted octanol–water partition coefficient (Wildman–Crippen LogP) is 4.94. The molecule has 0 unspecified atom stereocenters. The largest absolute Gasteiger partial charge is 0.493 e.